The first kappa shape index (κ1) is 16.8. The van der Waals surface area contributed by atoms with Crippen molar-refractivity contribution in [1.29, 1.82) is 5.26 Å². The van der Waals surface area contributed by atoms with E-state index in [0.717, 1.165) is 0 Å². The topological polar surface area (TPSA) is 52.8 Å². The molecule has 2 heterocycles. The Kier molecular flexibility index (Phi) is 5.12. The Morgan fingerprint density at radius 1 is 1.32 bits per heavy atom. The normalized spacial score (nSPS) is 16.6. The number of hydrogen-bond acceptors (Lipinski definition) is 4. The molecule has 0 bridgehead atoms. The van der Waals surface area contributed by atoms with Crippen LogP contribution >= 0.6 is 11.6 Å². The number of aryl methyl sites for hydroxylation is 2. The maximum atomic E-state index is 12.4. The number of aromatic nitrogens is 2. The first-order valence-corrected chi connectivity index (χ1v) is 7.42. The van der Waals surface area contributed by atoms with Crippen LogP contribution in [-0.2, 0) is 6.42 Å². The van der Waals surface area contributed by atoms with Gasteiger partial charge in [0.25, 0.3) is 0 Å². The molecule has 1 aliphatic rings. The molecule has 120 valence electrons. The summed E-state index contributed by atoms with van der Waals surface area (Å²) in [5.41, 5.74) is 0.740. The maximum Gasteiger partial charge on any atom is 0.389 e. The van der Waals surface area contributed by atoms with E-state index in [-0.39, 0.29) is 17.5 Å². The van der Waals surface area contributed by atoms with Crippen LogP contribution in [0.2, 0.25) is 5.15 Å². The number of nitriles is 1. The summed E-state index contributed by atoms with van der Waals surface area (Å²) in [6.45, 7) is 2.82. The van der Waals surface area contributed by atoms with Crippen LogP contribution < -0.4 is 4.90 Å². The Labute approximate surface area is 131 Å². The molecule has 0 atom stereocenters. The lowest BCUT2D eigenvalue weighted by molar-refractivity contribution is -0.134. The second-order valence-electron chi connectivity index (χ2n) is 5.38. The van der Waals surface area contributed by atoms with Gasteiger partial charge in [0.2, 0.25) is 0 Å². The summed E-state index contributed by atoms with van der Waals surface area (Å²) in [5, 5.41) is 9.10. The van der Waals surface area contributed by atoms with E-state index in [0.29, 0.717) is 43.1 Å². The minimum atomic E-state index is -4.22. The second kappa shape index (κ2) is 6.69. The number of alkyl halides is 3. The third kappa shape index (κ3) is 4.23. The average molecular weight is 333 g/mol. The van der Waals surface area contributed by atoms with Gasteiger partial charge in [0, 0.05) is 31.8 Å². The monoisotopic (exact) mass is 332 g/mol. The van der Waals surface area contributed by atoms with Crippen LogP contribution in [0.5, 0.6) is 0 Å². The van der Waals surface area contributed by atoms with Crippen molar-refractivity contribution in [2.45, 2.75) is 38.8 Å². The molecular weight excluding hydrogens is 317 g/mol. The first-order chi connectivity index (χ1) is 10.3. The summed E-state index contributed by atoms with van der Waals surface area (Å²) in [4.78, 5) is 10.3. The van der Waals surface area contributed by atoms with Gasteiger partial charge in [-0.15, -0.1) is 0 Å². The van der Waals surface area contributed by atoms with Crippen LogP contribution in [0.1, 0.15) is 30.7 Å². The molecule has 1 aliphatic heterocycles. The maximum absolute atomic E-state index is 12.4. The van der Waals surface area contributed by atoms with Crippen molar-refractivity contribution in [3.05, 3.63) is 16.5 Å². The zero-order valence-electron chi connectivity index (χ0n) is 12.1. The van der Waals surface area contributed by atoms with E-state index in [1.807, 2.05) is 4.90 Å². The lowest BCUT2D eigenvalue weighted by Crippen LogP contribution is -2.34. The van der Waals surface area contributed by atoms with Crippen molar-refractivity contribution in [2.24, 2.45) is 5.92 Å². The fourth-order valence-corrected chi connectivity index (χ4v) is 2.72. The van der Waals surface area contributed by atoms with E-state index in [4.69, 9.17) is 16.9 Å². The fourth-order valence-electron chi connectivity index (χ4n) is 2.44. The predicted octanol–water partition coefficient (Wildman–Crippen LogP) is 3.67. The first-order valence-electron chi connectivity index (χ1n) is 7.04. The molecule has 0 N–H and O–H groups in total. The Hall–Kier alpha value is -1.55. The van der Waals surface area contributed by atoms with Crippen LogP contribution in [0.3, 0.4) is 0 Å². The van der Waals surface area contributed by atoms with Crippen molar-refractivity contribution in [1.82, 2.24) is 9.97 Å². The largest absolute Gasteiger partial charge is 0.389 e. The molecule has 0 radical (unpaired) electrons. The van der Waals surface area contributed by atoms with Crippen LogP contribution in [-0.4, -0.2) is 29.2 Å². The van der Waals surface area contributed by atoms with Gasteiger partial charge in [0.15, 0.2) is 11.0 Å². The second-order valence-corrected chi connectivity index (χ2v) is 5.73. The minimum Gasteiger partial charge on any atom is -0.354 e. The van der Waals surface area contributed by atoms with Crippen molar-refractivity contribution in [3.63, 3.8) is 0 Å². The van der Waals surface area contributed by atoms with Gasteiger partial charge in [-0.1, -0.05) is 11.6 Å². The van der Waals surface area contributed by atoms with Gasteiger partial charge in [-0.3, -0.25) is 0 Å². The summed E-state index contributed by atoms with van der Waals surface area (Å²) >= 11 is 6.09. The van der Waals surface area contributed by atoms with E-state index in [2.05, 4.69) is 16.0 Å². The van der Waals surface area contributed by atoms with Gasteiger partial charge in [-0.25, -0.2) is 9.97 Å². The van der Waals surface area contributed by atoms with Crippen molar-refractivity contribution >= 4 is 17.4 Å². The Balaban J connectivity index is 2.16. The molecule has 1 fully saturated rings. The smallest absolute Gasteiger partial charge is 0.354 e. The number of nitrogens with zero attached hydrogens (tertiary/aromatic N) is 4. The summed E-state index contributed by atoms with van der Waals surface area (Å²) in [5.74, 6) is 0.430. The standard InChI is InChI=1S/C14H16ClF3N4/c1-9-11(2-5-14(16,17)18)21-13(12(15)20-9)22-6-3-10(8-19)4-7-22/h10H,2-7H2,1H3. The van der Waals surface area contributed by atoms with Crippen LogP contribution in [0, 0.1) is 24.2 Å². The summed E-state index contributed by atoms with van der Waals surface area (Å²) in [6.07, 6.45) is -3.97. The van der Waals surface area contributed by atoms with Gasteiger partial charge < -0.3 is 4.90 Å². The van der Waals surface area contributed by atoms with Crippen molar-refractivity contribution in [3.8, 4) is 6.07 Å². The van der Waals surface area contributed by atoms with E-state index >= 15 is 0 Å². The number of rotatable bonds is 3. The number of hydrogen-bond donors (Lipinski definition) is 0. The molecule has 2 rings (SSSR count). The van der Waals surface area contributed by atoms with Gasteiger partial charge in [0.05, 0.1) is 17.5 Å². The predicted molar refractivity (Wildman–Crippen MR) is 76.7 cm³/mol. The molecule has 0 spiro atoms. The number of halogens is 4. The van der Waals surface area contributed by atoms with Crippen LogP contribution in [0.4, 0.5) is 19.0 Å². The lowest BCUT2D eigenvalue weighted by atomic mass is 9.99. The molecule has 1 aromatic rings. The molecular formula is C14H16ClF3N4. The molecule has 4 nitrogen and oxygen atoms in total. The van der Waals surface area contributed by atoms with E-state index in [9.17, 15) is 13.2 Å². The average Bonchev–Trinajstić information content (AvgIpc) is 2.45. The van der Waals surface area contributed by atoms with Crippen molar-refractivity contribution < 1.29 is 13.2 Å². The zero-order chi connectivity index (χ0) is 16.3. The fraction of sp³-hybridized carbons (Fsp3) is 0.643. The van der Waals surface area contributed by atoms with E-state index in [1.54, 1.807) is 6.92 Å². The third-order valence-corrected chi connectivity index (χ3v) is 3.98. The molecule has 22 heavy (non-hydrogen) atoms. The van der Waals surface area contributed by atoms with E-state index < -0.39 is 12.6 Å². The zero-order valence-corrected chi connectivity index (χ0v) is 12.9. The number of piperidine rings is 1. The summed E-state index contributed by atoms with van der Waals surface area (Å²) in [7, 11) is 0. The van der Waals surface area contributed by atoms with Gasteiger partial charge in [0.1, 0.15) is 0 Å². The minimum absolute atomic E-state index is 0.0122. The SMILES string of the molecule is Cc1nc(Cl)c(N2CCC(C#N)CC2)nc1CCC(F)(F)F. The Bertz CT molecular complexity index is 575. The molecule has 0 aliphatic carbocycles. The molecule has 0 saturated carbocycles. The molecule has 0 amide bonds. The number of anilines is 1. The lowest BCUT2D eigenvalue weighted by Gasteiger charge is -2.30. The van der Waals surface area contributed by atoms with Crippen molar-refractivity contribution in [2.75, 3.05) is 18.0 Å². The summed E-state index contributed by atoms with van der Waals surface area (Å²) in [6, 6.07) is 2.23. The quantitative estimate of drug-likeness (QED) is 0.847. The Morgan fingerprint density at radius 3 is 2.50 bits per heavy atom. The molecule has 1 aromatic heterocycles. The molecule has 0 aromatic carbocycles. The Morgan fingerprint density at radius 2 is 1.95 bits per heavy atom. The molecule has 1 saturated heterocycles. The third-order valence-electron chi connectivity index (χ3n) is 3.73. The highest BCUT2D eigenvalue weighted by atomic mass is 35.5. The van der Waals surface area contributed by atoms with E-state index in [1.165, 1.54) is 0 Å². The van der Waals surface area contributed by atoms with Gasteiger partial charge in [-0.2, -0.15) is 18.4 Å². The molecule has 0 unspecified atom stereocenters. The highest BCUT2D eigenvalue weighted by Gasteiger charge is 2.28. The highest BCUT2D eigenvalue weighted by molar-refractivity contribution is 6.31. The van der Waals surface area contributed by atoms with Crippen LogP contribution in [0.15, 0.2) is 0 Å². The van der Waals surface area contributed by atoms with Gasteiger partial charge in [-0.05, 0) is 19.8 Å². The molecule has 8 heteroatoms. The van der Waals surface area contributed by atoms with Crippen LogP contribution in [0.25, 0.3) is 0 Å². The summed E-state index contributed by atoms with van der Waals surface area (Å²) < 4.78 is 37.1. The highest BCUT2D eigenvalue weighted by Crippen LogP contribution is 2.29. The van der Waals surface area contributed by atoms with Gasteiger partial charge >= 0.3 is 6.18 Å².